The van der Waals surface area contributed by atoms with Gasteiger partial charge in [-0.2, -0.15) is 0 Å². The number of aliphatic hydroxyl groups is 1. The third-order valence-electron chi connectivity index (χ3n) is 2.79. The van der Waals surface area contributed by atoms with Crippen molar-refractivity contribution < 1.29 is 14.3 Å². The molecule has 0 bridgehead atoms. The Bertz CT molecular complexity index is 708. The van der Waals surface area contributed by atoms with E-state index < -0.39 is 0 Å². The lowest BCUT2D eigenvalue weighted by Gasteiger charge is -2.06. The Hall–Kier alpha value is -2.58. The molecule has 5 nitrogen and oxygen atoms in total. The van der Waals surface area contributed by atoms with E-state index in [4.69, 9.17) is 9.52 Å². The number of amides is 1. The minimum atomic E-state index is -0.256. The number of aromatic nitrogens is 1. The van der Waals surface area contributed by atoms with Crippen LogP contribution in [0.4, 0.5) is 0 Å². The largest absolute Gasteiger partial charge is 0.444 e. The predicted molar refractivity (Wildman–Crippen MR) is 77.6 cm³/mol. The summed E-state index contributed by atoms with van der Waals surface area (Å²) >= 11 is 0. The molecule has 0 fully saturated rings. The van der Waals surface area contributed by atoms with Crippen molar-refractivity contribution in [2.24, 2.45) is 0 Å². The van der Waals surface area contributed by atoms with E-state index in [1.165, 1.54) is 0 Å². The van der Waals surface area contributed by atoms with Crippen LogP contribution in [0.15, 0.2) is 28.8 Å². The number of aryl methyl sites for hydroxylation is 2. The lowest BCUT2D eigenvalue weighted by atomic mass is 10.0. The molecular formula is C16H16N2O3. The molecule has 5 heteroatoms. The van der Waals surface area contributed by atoms with Crippen LogP contribution in [0.3, 0.4) is 0 Å². The minimum absolute atomic E-state index is 0.216. The number of oxazole rings is 1. The van der Waals surface area contributed by atoms with Crippen LogP contribution in [-0.4, -0.2) is 22.6 Å². The molecule has 0 aliphatic rings. The number of aliphatic hydroxyl groups excluding tert-OH is 1. The zero-order valence-corrected chi connectivity index (χ0v) is 11.9. The van der Waals surface area contributed by atoms with Crippen molar-refractivity contribution in [1.82, 2.24) is 10.3 Å². The minimum Gasteiger partial charge on any atom is -0.444 e. The average molecular weight is 284 g/mol. The van der Waals surface area contributed by atoms with Crippen LogP contribution in [0, 0.1) is 25.7 Å². The highest BCUT2D eigenvalue weighted by Gasteiger charge is 2.11. The highest BCUT2D eigenvalue weighted by atomic mass is 16.4. The maximum Gasteiger partial charge on any atom is 0.252 e. The molecule has 2 aromatic rings. The Kier molecular flexibility index (Phi) is 4.75. The second kappa shape index (κ2) is 6.73. The van der Waals surface area contributed by atoms with E-state index in [0.29, 0.717) is 22.8 Å². The number of nitrogens with zero attached hydrogens (tertiary/aromatic N) is 1. The van der Waals surface area contributed by atoms with Crippen LogP contribution in [0.5, 0.6) is 0 Å². The molecule has 108 valence electrons. The molecule has 1 aromatic heterocycles. The molecule has 21 heavy (non-hydrogen) atoms. The summed E-state index contributed by atoms with van der Waals surface area (Å²) in [7, 11) is 0. The molecule has 0 spiro atoms. The van der Waals surface area contributed by atoms with Crippen LogP contribution in [0.1, 0.15) is 33.1 Å². The van der Waals surface area contributed by atoms with E-state index >= 15 is 0 Å². The molecule has 0 unspecified atom stereocenters. The first-order chi connectivity index (χ1) is 10.1. The summed E-state index contributed by atoms with van der Waals surface area (Å²) in [5.41, 5.74) is 2.05. The number of hydrogen-bond acceptors (Lipinski definition) is 4. The van der Waals surface area contributed by atoms with Gasteiger partial charge in [-0.25, -0.2) is 4.98 Å². The van der Waals surface area contributed by atoms with Crippen molar-refractivity contribution in [2.75, 3.05) is 6.61 Å². The van der Waals surface area contributed by atoms with Gasteiger partial charge in [-0.05, 0) is 31.5 Å². The number of nitrogens with one attached hydrogen (secondary N) is 1. The van der Waals surface area contributed by atoms with Crippen LogP contribution in [-0.2, 0) is 6.54 Å². The monoisotopic (exact) mass is 284 g/mol. The number of hydrogen-bond donors (Lipinski definition) is 2. The lowest BCUT2D eigenvalue weighted by Crippen LogP contribution is -2.23. The van der Waals surface area contributed by atoms with Crippen molar-refractivity contribution in [1.29, 1.82) is 0 Å². The predicted octanol–water partition coefficient (Wildman–Crippen LogP) is 1.57. The fourth-order valence-corrected chi connectivity index (χ4v) is 1.83. The van der Waals surface area contributed by atoms with Crippen molar-refractivity contribution in [3.8, 4) is 11.8 Å². The summed E-state index contributed by atoms with van der Waals surface area (Å²) in [6.07, 6.45) is 1.60. The second-order valence-electron chi connectivity index (χ2n) is 4.56. The molecule has 0 saturated carbocycles. The molecule has 2 rings (SSSR count). The maximum absolute atomic E-state index is 12.2. The van der Waals surface area contributed by atoms with E-state index in [-0.39, 0.29) is 19.1 Å². The topological polar surface area (TPSA) is 75.4 Å². The van der Waals surface area contributed by atoms with Gasteiger partial charge in [0.25, 0.3) is 5.91 Å². The fraction of sp³-hybridized carbons (Fsp3) is 0.250. The zero-order chi connectivity index (χ0) is 15.2. The number of benzene rings is 1. The first-order valence-corrected chi connectivity index (χ1v) is 6.50. The average Bonchev–Trinajstić information content (AvgIpc) is 2.88. The fourth-order valence-electron chi connectivity index (χ4n) is 1.83. The Balaban J connectivity index is 2.14. The molecule has 0 atom stereocenters. The third kappa shape index (κ3) is 3.94. The summed E-state index contributed by atoms with van der Waals surface area (Å²) in [6, 6.07) is 5.37. The van der Waals surface area contributed by atoms with Gasteiger partial charge in [-0.15, -0.1) is 0 Å². The summed E-state index contributed by atoms with van der Waals surface area (Å²) in [4.78, 5) is 16.2. The molecule has 1 amide bonds. The summed E-state index contributed by atoms with van der Waals surface area (Å²) < 4.78 is 5.30. The first-order valence-electron chi connectivity index (χ1n) is 6.50. The highest BCUT2D eigenvalue weighted by Crippen LogP contribution is 2.11. The molecule has 0 aliphatic heterocycles. The Labute approximate surface area is 123 Å². The van der Waals surface area contributed by atoms with E-state index in [1.807, 2.05) is 19.1 Å². The van der Waals surface area contributed by atoms with Crippen molar-refractivity contribution >= 4 is 5.91 Å². The van der Waals surface area contributed by atoms with Gasteiger partial charge >= 0.3 is 0 Å². The molecular weight excluding hydrogens is 268 g/mol. The highest BCUT2D eigenvalue weighted by molar-refractivity contribution is 5.96. The van der Waals surface area contributed by atoms with E-state index in [2.05, 4.69) is 22.1 Å². The molecule has 1 aromatic carbocycles. The molecule has 2 N–H and O–H groups in total. The molecule has 0 saturated heterocycles. The standard InChI is InChI=1S/C16H16N2O3/c1-11-5-6-14(13(8-11)4-3-7-19)16(20)18-10-15-17-9-12(2)21-15/h5-6,8-9,19H,7,10H2,1-2H3,(H,18,20). The maximum atomic E-state index is 12.2. The zero-order valence-electron chi connectivity index (χ0n) is 11.9. The van der Waals surface area contributed by atoms with Crippen molar-refractivity contribution in [3.63, 3.8) is 0 Å². The third-order valence-corrected chi connectivity index (χ3v) is 2.79. The Morgan fingerprint density at radius 3 is 2.90 bits per heavy atom. The quantitative estimate of drug-likeness (QED) is 0.839. The van der Waals surface area contributed by atoms with Crippen molar-refractivity contribution in [2.45, 2.75) is 20.4 Å². The SMILES string of the molecule is Cc1ccc(C(=O)NCc2ncc(C)o2)c(C#CCO)c1. The number of carbonyl (C=O) groups excluding carboxylic acids is 1. The van der Waals surface area contributed by atoms with Crippen LogP contribution < -0.4 is 5.32 Å². The van der Waals surface area contributed by atoms with Gasteiger partial charge in [0.05, 0.1) is 18.3 Å². The van der Waals surface area contributed by atoms with Gasteiger partial charge in [0.1, 0.15) is 12.4 Å². The van der Waals surface area contributed by atoms with Gasteiger partial charge in [0.15, 0.2) is 0 Å². The summed E-state index contributed by atoms with van der Waals surface area (Å²) in [5, 5.41) is 11.5. The van der Waals surface area contributed by atoms with Gasteiger partial charge in [-0.1, -0.05) is 17.9 Å². The van der Waals surface area contributed by atoms with E-state index in [1.54, 1.807) is 19.2 Å². The molecule has 1 heterocycles. The Morgan fingerprint density at radius 2 is 2.24 bits per heavy atom. The molecule has 0 aliphatic carbocycles. The first kappa shape index (κ1) is 14.8. The smallest absolute Gasteiger partial charge is 0.252 e. The lowest BCUT2D eigenvalue weighted by molar-refractivity contribution is 0.0947. The van der Waals surface area contributed by atoms with Gasteiger partial charge in [0.2, 0.25) is 5.89 Å². The van der Waals surface area contributed by atoms with E-state index in [0.717, 1.165) is 5.56 Å². The van der Waals surface area contributed by atoms with E-state index in [9.17, 15) is 4.79 Å². The van der Waals surface area contributed by atoms with Crippen LogP contribution in [0.25, 0.3) is 0 Å². The second-order valence-corrected chi connectivity index (χ2v) is 4.56. The normalized spacial score (nSPS) is 9.86. The summed E-state index contributed by atoms with van der Waals surface area (Å²) in [5.74, 6) is 6.24. The summed E-state index contributed by atoms with van der Waals surface area (Å²) in [6.45, 7) is 3.68. The Morgan fingerprint density at radius 1 is 1.43 bits per heavy atom. The van der Waals surface area contributed by atoms with Crippen molar-refractivity contribution in [3.05, 3.63) is 52.7 Å². The van der Waals surface area contributed by atoms with Crippen LogP contribution in [0.2, 0.25) is 0 Å². The van der Waals surface area contributed by atoms with Crippen LogP contribution >= 0.6 is 0 Å². The number of rotatable bonds is 3. The molecule has 0 radical (unpaired) electrons. The van der Waals surface area contributed by atoms with Gasteiger partial charge in [-0.3, -0.25) is 4.79 Å². The number of carbonyl (C=O) groups is 1. The van der Waals surface area contributed by atoms with Gasteiger partial charge in [0, 0.05) is 5.56 Å². The van der Waals surface area contributed by atoms with Gasteiger partial charge < -0.3 is 14.8 Å².